The van der Waals surface area contributed by atoms with Crippen LogP contribution >= 0.6 is 11.3 Å². The summed E-state index contributed by atoms with van der Waals surface area (Å²) >= 11 is 1.52. The first kappa shape index (κ1) is 18.2. The number of thiophene rings is 1. The van der Waals surface area contributed by atoms with Crippen molar-refractivity contribution in [2.75, 3.05) is 26.2 Å². The standard InChI is InChI=1S/C19H25N5O2S/c1-3-24-11-15(20-21-24)10-16(25)22-7-5-19(12-22)6-8-23(13-19)18(26)17-14(2)4-9-27-17/h4,9,11H,3,5-8,10,12-13H2,1-2H3. The molecule has 4 heterocycles. The van der Waals surface area contributed by atoms with E-state index in [1.807, 2.05) is 41.3 Å². The largest absolute Gasteiger partial charge is 0.342 e. The summed E-state index contributed by atoms with van der Waals surface area (Å²) in [6.45, 7) is 7.76. The van der Waals surface area contributed by atoms with Crippen LogP contribution in [-0.2, 0) is 17.8 Å². The second-order valence-corrected chi connectivity index (χ2v) is 8.63. The molecule has 0 radical (unpaired) electrons. The molecule has 27 heavy (non-hydrogen) atoms. The molecule has 4 rings (SSSR count). The van der Waals surface area contributed by atoms with Gasteiger partial charge in [0, 0.05) is 44.3 Å². The van der Waals surface area contributed by atoms with Gasteiger partial charge in [-0.05, 0) is 43.7 Å². The van der Waals surface area contributed by atoms with E-state index < -0.39 is 0 Å². The molecule has 8 heteroatoms. The molecule has 0 N–H and O–H groups in total. The van der Waals surface area contributed by atoms with Crippen molar-refractivity contribution < 1.29 is 9.59 Å². The van der Waals surface area contributed by atoms with Crippen LogP contribution in [0.3, 0.4) is 0 Å². The normalized spacial score (nSPS) is 22.1. The fraction of sp³-hybridized carbons (Fsp3) is 0.579. The lowest BCUT2D eigenvalue weighted by atomic mass is 9.86. The third-order valence-corrected chi connectivity index (χ3v) is 6.82. The number of nitrogens with zero attached hydrogens (tertiary/aromatic N) is 5. The van der Waals surface area contributed by atoms with Crippen LogP contribution in [0.1, 0.15) is 40.7 Å². The number of carbonyl (C=O) groups is 2. The van der Waals surface area contributed by atoms with Gasteiger partial charge in [-0.15, -0.1) is 16.4 Å². The van der Waals surface area contributed by atoms with E-state index in [1.165, 1.54) is 11.3 Å². The quantitative estimate of drug-likeness (QED) is 0.804. The summed E-state index contributed by atoms with van der Waals surface area (Å²) in [6.07, 6.45) is 4.07. The van der Waals surface area contributed by atoms with Gasteiger partial charge in [0.05, 0.1) is 17.0 Å². The molecule has 1 unspecified atom stereocenters. The van der Waals surface area contributed by atoms with Crippen LogP contribution < -0.4 is 0 Å². The van der Waals surface area contributed by atoms with Crippen molar-refractivity contribution in [2.45, 2.75) is 39.7 Å². The number of aryl methyl sites for hydroxylation is 2. The lowest BCUT2D eigenvalue weighted by Crippen LogP contribution is -2.36. The van der Waals surface area contributed by atoms with Crippen molar-refractivity contribution in [1.82, 2.24) is 24.8 Å². The SMILES string of the molecule is CCn1cc(CC(=O)N2CCC3(CCN(C(=O)c4sccc4C)C3)C2)nn1. The van der Waals surface area contributed by atoms with Gasteiger partial charge in [-0.2, -0.15) is 0 Å². The van der Waals surface area contributed by atoms with Crippen molar-refractivity contribution in [3.05, 3.63) is 33.8 Å². The summed E-state index contributed by atoms with van der Waals surface area (Å²) in [5.74, 6) is 0.245. The number of carbonyl (C=O) groups excluding carboxylic acids is 2. The Hall–Kier alpha value is -2.22. The summed E-state index contributed by atoms with van der Waals surface area (Å²) in [5, 5.41) is 10.0. The van der Waals surface area contributed by atoms with Gasteiger partial charge < -0.3 is 9.80 Å². The Kier molecular flexibility index (Phi) is 4.75. The number of hydrogen-bond acceptors (Lipinski definition) is 5. The predicted octanol–water partition coefficient (Wildman–Crippen LogP) is 1.98. The van der Waals surface area contributed by atoms with Gasteiger partial charge >= 0.3 is 0 Å². The second-order valence-electron chi connectivity index (χ2n) is 7.72. The number of amides is 2. The molecular weight excluding hydrogens is 362 g/mol. The zero-order valence-corrected chi connectivity index (χ0v) is 16.7. The molecule has 0 aliphatic carbocycles. The van der Waals surface area contributed by atoms with E-state index in [4.69, 9.17) is 0 Å². The first-order chi connectivity index (χ1) is 13.0. The first-order valence-electron chi connectivity index (χ1n) is 9.50. The van der Waals surface area contributed by atoms with Gasteiger partial charge in [0.15, 0.2) is 0 Å². The van der Waals surface area contributed by atoms with Crippen LogP contribution in [0.5, 0.6) is 0 Å². The summed E-state index contributed by atoms with van der Waals surface area (Å²) in [6, 6.07) is 1.99. The van der Waals surface area contributed by atoms with Crippen molar-refractivity contribution in [1.29, 1.82) is 0 Å². The number of rotatable bonds is 4. The Morgan fingerprint density at radius 2 is 1.96 bits per heavy atom. The minimum absolute atomic E-state index is 0.0531. The first-order valence-corrected chi connectivity index (χ1v) is 10.4. The second kappa shape index (κ2) is 7.07. The van der Waals surface area contributed by atoms with Crippen molar-refractivity contribution in [3.63, 3.8) is 0 Å². The molecule has 1 atom stereocenters. The van der Waals surface area contributed by atoms with Gasteiger partial charge in [-0.1, -0.05) is 5.21 Å². The molecule has 0 aromatic carbocycles. The molecule has 7 nitrogen and oxygen atoms in total. The average molecular weight is 388 g/mol. The highest BCUT2D eigenvalue weighted by atomic mass is 32.1. The Morgan fingerprint density at radius 3 is 2.63 bits per heavy atom. The molecule has 144 valence electrons. The lowest BCUT2D eigenvalue weighted by Gasteiger charge is -2.24. The molecule has 2 amide bonds. The fourth-order valence-corrected chi connectivity index (χ4v) is 5.06. The van der Waals surface area contributed by atoms with Gasteiger partial charge in [0.2, 0.25) is 5.91 Å². The van der Waals surface area contributed by atoms with E-state index >= 15 is 0 Å². The summed E-state index contributed by atoms with van der Waals surface area (Å²) in [7, 11) is 0. The van der Waals surface area contributed by atoms with E-state index in [0.29, 0.717) is 6.42 Å². The van der Waals surface area contributed by atoms with Gasteiger partial charge in [0.25, 0.3) is 5.91 Å². The van der Waals surface area contributed by atoms with E-state index in [1.54, 1.807) is 4.68 Å². The highest BCUT2D eigenvalue weighted by Gasteiger charge is 2.46. The maximum Gasteiger partial charge on any atom is 0.264 e. The topological polar surface area (TPSA) is 71.3 Å². The average Bonchev–Trinajstić information content (AvgIpc) is 3.43. The minimum atomic E-state index is 0.0531. The predicted molar refractivity (Wildman–Crippen MR) is 103 cm³/mol. The van der Waals surface area contributed by atoms with E-state index in [0.717, 1.165) is 61.7 Å². The van der Waals surface area contributed by atoms with Crippen LogP contribution in [0.4, 0.5) is 0 Å². The Labute approximate surface area is 162 Å². The van der Waals surface area contributed by atoms with Crippen LogP contribution in [0.2, 0.25) is 0 Å². The summed E-state index contributed by atoms with van der Waals surface area (Å²) < 4.78 is 1.74. The highest BCUT2D eigenvalue weighted by molar-refractivity contribution is 7.12. The molecule has 2 aromatic rings. The van der Waals surface area contributed by atoms with Crippen LogP contribution in [0.15, 0.2) is 17.6 Å². The smallest absolute Gasteiger partial charge is 0.264 e. The highest BCUT2D eigenvalue weighted by Crippen LogP contribution is 2.40. The maximum absolute atomic E-state index is 12.8. The summed E-state index contributed by atoms with van der Waals surface area (Å²) in [4.78, 5) is 30.2. The Bertz CT molecular complexity index is 860. The van der Waals surface area contributed by atoms with Gasteiger partial charge in [-0.25, -0.2) is 0 Å². The Morgan fingerprint density at radius 1 is 1.22 bits per heavy atom. The van der Waals surface area contributed by atoms with Crippen LogP contribution in [-0.4, -0.2) is 62.8 Å². The third kappa shape index (κ3) is 3.50. The van der Waals surface area contributed by atoms with E-state index in [-0.39, 0.29) is 17.2 Å². The molecule has 2 aliphatic heterocycles. The van der Waals surface area contributed by atoms with E-state index in [9.17, 15) is 9.59 Å². The molecule has 0 bridgehead atoms. The van der Waals surface area contributed by atoms with Crippen LogP contribution in [0.25, 0.3) is 0 Å². The molecule has 2 saturated heterocycles. The monoisotopic (exact) mass is 387 g/mol. The molecule has 0 saturated carbocycles. The van der Waals surface area contributed by atoms with Gasteiger partial charge in [-0.3, -0.25) is 14.3 Å². The van der Waals surface area contributed by atoms with Gasteiger partial charge in [0.1, 0.15) is 0 Å². The number of likely N-dealkylation sites (tertiary alicyclic amines) is 2. The minimum Gasteiger partial charge on any atom is -0.342 e. The molecule has 2 fully saturated rings. The zero-order chi connectivity index (χ0) is 19.0. The zero-order valence-electron chi connectivity index (χ0n) is 15.8. The maximum atomic E-state index is 12.8. The van der Waals surface area contributed by atoms with Crippen LogP contribution in [0, 0.1) is 12.3 Å². The molecular formula is C19H25N5O2S. The van der Waals surface area contributed by atoms with E-state index in [2.05, 4.69) is 10.3 Å². The van der Waals surface area contributed by atoms with Crippen molar-refractivity contribution in [2.24, 2.45) is 5.41 Å². The third-order valence-electron chi connectivity index (χ3n) is 5.82. The van der Waals surface area contributed by atoms with Crippen molar-refractivity contribution in [3.8, 4) is 0 Å². The summed E-state index contributed by atoms with van der Waals surface area (Å²) in [5.41, 5.74) is 1.82. The molecule has 2 aliphatic rings. The fourth-order valence-electron chi connectivity index (χ4n) is 4.17. The Balaban J connectivity index is 1.37. The molecule has 2 aromatic heterocycles. The lowest BCUT2D eigenvalue weighted by molar-refractivity contribution is -0.129. The molecule has 1 spiro atoms. The number of aromatic nitrogens is 3. The number of hydrogen-bond donors (Lipinski definition) is 0. The van der Waals surface area contributed by atoms with Crippen molar-refractivity contribution >= 4 is 23.2 Å².